The van der Waals surface area contributed by atoms with E-state index < -0.39 is 0 Å². The van der Waals surface area contributed by atoms with E-state index in [1.54, 1.807) is 0 Å². The Morgan fingerprint density at radius 3 is 1.17 bits per heavy atom. The average Bonchev–Trinajstić information content (AvgIpc) is 2.93. The Morgan fingerprint density at radius 1 is 0.611 bits per heavy atom. The minimum atomic E-state index is 0.204. The van der Waals surface area contributed by atoms with Crippen molar-refractivity contribution in [2.75, 3.05) is 0 Å². The summed E-state index contributed by atoms with van der Waals surface area (Å²) in [6.45, 7) is 0. The lowest BCUT2D eigenvalue weighted by atomic mass is 9.99. The summed E-state index contributed by atoms with van der Waals surface area (Å²) in [6, 6.07) is 0. The summed E-state index contributed by atoms with van der Waals surface area (Å²) in [7, 11) is 0. The maximum atomic E-state index is 6.13. The summed E-state index contributed by atoms with van der Waals surface area (Å²) >= 11 is 5.46. The smallest absolute Gasteiger partial charge is 0.0596 e. The third-order valence-corrected chi connectivity index (χ3v) is 7.26. The zero-order valence-electron chi connectivity index (χ0n) is 9.81. The van der Waals surface area contributed by atoms with E-state index in [-0.39, 0.29) is 16.1 Å². The van der Waals surface area contributed by atoms with E-state index in [0.717, 1.165) is 19.3 Å². The van der Waals surface area contributed by atoms with Crippen LogP contribution in [0.3, 0.4) is 0 Å². The Kier molecular flexibility index (Phi) is 2.70. The van der Waals surface area contributed by atoms with Crippen LogP contribution in [0, 0.1) is 0 Å². The second-order valence-corrected chi connectivity index (χ2v) is 8.75. The van der Waals surface area contributed by atoms with E-state index in [4.69, 9.17) is 17.2 Å². The molecule has 0 aromatic heterocycles. The summed E-state index contributed by atoms with van der Waals surface area (Å²) in [5, 5.41) is 0.611. The van der Waals surface area contributed by atoms with Crippen LogP contribution in [0.2, 0.25) is 0 Å². The highest BCUT2D eigenvalue weighted by Gasteiger charge is 2.37. The van der Waals surface area contributed by atoms with Gasteiger partial charge >= 0.3 is 0 Å². The first-order valence-electron chi connectivity index (χ1n) is 6.10. The summed E-state index contributed by atoms with van der Waals surface area (Å²) in [4.78, 5) is 4.25. The van der Waals surface area contributed by atoms with Gasteiger partial charge in [-0.3, -0.25) is 0 Å². The Bertz CT molecular complexity index is 405. The Morgan fingerprint density at radius 2 is 0.889 bits per heavy atom. The number of benzene rings is 1. The summed E-state index contributed by atoms with van der Waals surface area (Å²) < 4.78 is 0. The maximum absolute atomic E-state index is 6.13. The van der Waals surface area contributed by atoms with Crippen molar-refractivity contribution < 1.29 is 0 Å². The molecule has 1 aromatic carbocycles. The normalized spacial score (nSPS) is 32.5. The molecule has 0 saturated heterocycles. The molecule has 0 saturated carbocycles. The fraction of sp³-hybridized carbons (Fsp3) is 0.500. The van der Waals surface area contributed by atoms with Gasteiger partial charge in [-0.05, 0) is 36.0 Å². The zero-order valence-corrected chi connectivity index (χ0v) is 12.3. The fourth-order valence-corrected chi connectivity index (χ4v) is 6.84. The third-order valence-electron chi connectivity index (χ3n) is 3.67. The van der Waals surface area contributed by atoms with Gasteiger partial charge in [0.2, 0.25) is 0 Å². The highest BCUT2D eigenvalue weighted by molar-refractivity contribution is 8.02. The topological polar surface area (TPSA) is 78.1 Å². The average molecular weight is 297 g/mol. The van der Waals surface area contributed by atoms with Crippen LogP contribution in [0.5, 0.6) is 0 Å². The van der Waals surface area contributed by atoms with Crippen molar-refractivity contribution in [1.29, 1.82) is 0 Å². The molecule has 4 rings (SSSR count). The largest absolute Gasteiger partial charge is 0.319 e. The maximum Gasteiger partial charge on any atom is 0.0596 e. The minimum Gasteiger partial charge on any atom is -0.319 e. The number of hydrogen-bond donors (Lipinski definition) is 3. The van der Waals surface area contributed by atoms with Crippen LogP contribution < -0.4 is 17.2 Å². The van der Waals surface area contributed by atoms with Gasteiger partial charge in [0.05, 0.1) is 16.1 Å². The van der Waals surface area contributed by atoms with Gasteiger partial charge in [-0.25, -0.2) is 0 Å². The number of rotatable bonds is 0. The first-order valence-corrected chi connectivity index (χ1v) is 8.74. The van der Waals surface area contributed by atoms with E-state index in [0.29, 0.717) is 0 Å². The van der Waals surface area contributed by atoms with Crippen molar-refractivity contribution in [3.8, 4) is 0 Å². The number of hydrogen-bond acceptors (Lipinski definition) is 6. The summed E-state index contributed by atoms with van der Waals surface area (Å²) in [5.74, 6) is 0. The molecule has 96 valence electrons. The van der Waals surface area contributed by atoms with Crippen molar-refractivity contribution in [2.24, 2.45) is 17.2 Å². The van der Waals surface area contributed by atoms with Crippen LogP contribution in [0.1, 0.15) is 16.7 Å². The standard InChI is InChI=1S/C12H15N3S3/c13-7-1-4-10(16-7)5-2-9(15)18-12(5)6-3-8(14)17-11(4)6/h7-9H,1-3,13-15H2. The van der Waals surface area contributed by atoms with Gasteiger partial charge in [0, 0.05) is 14.7 Å². The van der Waals surface area contributed by atoms with Gasteiger partial charge in [0.15, 0.2) is 0 Å². The number of fused-ring (bicyclic) bond motifs is 6. The lowest BCUT2D eigenvalue weighted by Crippen LogP contribution is -2.13. The summed E-state index contributed by atoms with van der Waals surface area (Å²) in [6.07, 6.45) is 2.94. The Labute approximate surface area is 119 Å². The van der Waals surface area contributed by atoms with Gasteiger partial charge in [0.1, 0.15) is 0 Å². The van der Waals surface area contributed by atoms with E-state index in [9.17, 15) is 0 Å². The molecule has 1 aromatic rings. The van der Waals surface area contributed by atoms with Gasteiger partial charge in [0.25, 0.3) is 0 Å². The molecule has 6 N–H and O–H groups in total. The first kappa shape index (κ1) is 11.9. The van der Waals surface area contributed by atoms with Crippen LogP contribution in [0.25, 0.3) is 0 Å². The molecule has 3 atom stereocenters. The van der Waals surface area contributed by atoms with E-state index in [2.05, 4.69) is 0 Å². The highest BCUT2D eigenvalue weighted by atomic mass is 32.2. The van der Waals surface area contributed by atoms with Gasteiger partial charge in [-0.1, -0.05) is 0 Å². The van der Waals surface area contributed by atoms with Crippen LogP contribution in [0.15, 0.2) is 14.7 Å². The predicted octanol–water partition coefficient (Wildman–Crippen LogP) is 1.49. The van der Waals surface area contributed by atoms with Crippen LogP contribution >= 0.6 is 35.3 Å². The molecule has 0 radical (unpaired) electrons. The molecule has 0 spiro atoms. The van der Waals surface area contributed by atoms with Crippen LogP contribution in [0.4, 0.5) is 0 Å². The lowest BCUT2D eigenvalue weighted by Gasteiger charge is -2.12. The molecule has 6 heteroatoms. The molecule has 0 amide bonds. The zero-order chi connectivity index (χ0) is 12.4. The van der Waals surface area contributed by atoms with Crippen molar-refractivity contribution in [3.63, 3.8) is 0 Å². The molecule has 0 fully saturated rings. The van der Waals surface area contributed by atoms with Crippen molar-refractivity contribution in [1.82, 2.24) is 0 Å². The molecule has 0 bridgehead atoms. The number of nitrogens with two attached hydrogens (primary N) is 3. The predicted molar refractivity (Wildman–Crippen MR) is 79.1 cm³/mol. The van der Waals surface area contributed by atoms with Crippen LogP contribution in [-0.4, -0.2) is 16.1 Å². The molecule has 3 heterocycles. The SMILES string of the molecule is NC1Cc2c(c3c(c4c2SC(N)C4)SC(N)C3)S1. The third kappa shape index (κ3) is 1.60. The Hall–Kier alpha value is 0.150. The first-order chi connectivity index (χ1) is 8.63. The van der Waals surface area contributed by atoms with Gasteiger partial charge in [-0.2, -0.15) is 0 Å². The van der Waals surface area contributed by atoms with Crippen LogP contribution in [-0.2, 0) is 19.3 Å². The molecule has 3 aliphatic heterocycles. The molecule has 3 nitrogen and oxygen atoms in total. The summed E-state index contributed by atoms with van der Waals surface area (Å²) in [5.41, 5.74) is 22.7. The highest BCUT2D eigenvalue weighted by Crippen LogP contribution is 2.55. The van der Waals surface area contributed by atoms with E-state index in [1.807, 2.05) is 35.3 Å². The molecule has 0 aliphatic carbocycles. The molecular weight excluding hydrogens is 282 g/mol. The monoisotopic (exact) mass is 297 g/mol. The molecular formula is C12H15N3S3. The van der Waals surface area contributed by atoms with Crippen molar-refractivity contribution in [3.05, 3.63) is 16.7 Å². The minimum absolute atomic E-state index is 0.204. The van der Waals surface area contributed by atoms with Crippen molar-refractivity contribution in [2.45, 2.75) is 50.1 Å². The van der Waals surface area contributed by atoms with E-state index >= 15 is 0 Å². The molecule has 18 heavy (non-hydrogen) atoms. The second kappa shape index (κ2) is 4.07. The Balaban J connectivity index is 1.96. The van der Waals surface area contributed by atoms with Gasteiger partial charge < -0.3 is 17.2 Å². The fourth-order valence-electron chi connectivity index (χ4n) is 3.02. The second-order valence-electron chi connectivity index (χ2n) is 5.00. The van der Waals surface area contributed by atoms with Gasteiger partial charge in [-0.15, -0.1) is 35.3 Å². The van der Waals surface area contributed by atoms with E-state index in [1.165, 1.54) is 31.4 Å². The quantitative estimate of drug-likeness (QED) is 0.673. The molecule has 3 aliphatic rings. The lowest BCUT2D eigenvalue weighted by molar-refractivity contribution is 0.835. The molecule has 3 unspecified atom stereocenters. The van der Waals surface area contributed by atoms with Crippen molar-refractivity contribution >= 4 is 35.3 Å². The number of thioether (sulfide) groups is 3.